The van der Waals surface area contributed by atoms with E-state index < -0.39 is 0 Å². The summed E-state index contributed by atoms with van der Waals surface area (Å²) >= 11 is 0. The van der Waals surface area contributed by atoms with E-state index in [2.05, 4.69) is 12.2 Å². The molecule has 0 atom stereocenters. The number of nitrogens with zero attached hydrogens (tertiary/aromatic N) is 1. The van der Waals surface area contributed by atoms with Crippen molar-refractivity contribution < 1.29 is 4.74 Å². The Morgan fingerprint density at radius 3 is 2.62 bits per heavy atom. The van der Waals surface area contributed by atoms with Crippen LogP contribution in [0.25, 0.3) is 0 Å². The van der Waals surface area contributed by atoms with Crippen LogP contribution < -0.4 is 5.32 Å². The maximum atomic E-state index is 4.79. The highest BCUT2D eigenvalue weighted by Crippen LogP contribution is 1.71. The van der Waals surface area contributed by atoms with Gasteiger partial charge in [-0.3, -0.25) is 0 Å². The number of hydrogen-bond donors (Lipinski definition) is 0. The van der Waals surface area contributed by atoms with Gasteiger partial charge in [0.25, 0.3) is 0 Å². The number of methoxy groups -OCH3 is 1. The van der Waals surface area contributed by atoms with Crippen molar-refractivity contribution in [3.63, 3.8) is 0 Å². The van der Waals surface area contributed by atoms with Gasteiger partial charge in [0.15, 0.2) is 0 Å². The molecule has 49 valence electrons. The molecule has 0 N–H and O–H groups in total. The van der Waals surface area contributed by atoms with Gasteiger partial charge < -0.3 is 4.74 Å². The van der Waals surface area contributed by atoms with Gasteiger partial charge in [0, 0.05) is 20.2 Å². The first kappa shape index (κ1) is 7.92. The number of hydrogen-bond acceptors (Lipinski definition) is 1. The first-order chi connectivity index (χ1) is 3.91. The van der Waals surface area contributed by atoms with E-state index in [1.54, 1.807) is 7.11 Å². The van der Waals surface area contributed by atoms with Crippen molar-refractivity contribution in [1.29, 1.82) is 0 Å². The molecule has 0 aromatic heterocycles. The third kappa shape index (κ3) is 5.92. The average molecular weight is 116 g/mol. The van der Waals surface area contributed by atoms with Crippen molar-refractivity contribution in [3.05, 3.63) is 0 Å². The Kier molecular flexibility index (Phi) is 6.85. The monoisotopic (exact) mass is 116 g/mol. The summed E-state index contributed by atoms with van der Waals surface area (Å²) in [6.07, 6.45) is 1.14. The van der Waals surface area contributed by atoms with Gasteiger partial charge in [0.05, 0.1) is 6.61 Å². The zero-order chi connectivity index (χ0) is 6.24. The maximum Gasteiger partial charge on any atom is 0.0603 e. The molecule has 1 radical (unpaired) electrons. The van der Waals surface area contributed by atoms with Crippen LogP contribution in [0.15, 0.2) is 0 Å². The van der Waals surface area contributed by atoms with Crippen molar-refractivity contribution in [2.45, 2.75) is 13.3 Å². The third-order valence-electron chi connectivity index (χ3n) is 0.835. The minimum atomic E-state index is 0.764. The van der Waals surface area contributed by atoms with Crippen LogP contribution in [0.4, 0.5) is 0 Å². The van der Waals surface area contributed by atoms with Crippen LogP contribution >= 0.6 is 0 Å². The second-order valence-electron chi connectivity index (χ2n) is 1.66. The third-order valence-corrected chi connectivity index (χ3v) is 0.835. The van der Waals surface area contributed by atoms with E-state index in [0.717, 1.165) is 26.1 Å². The van der Waals surface area contributed by atoms with Crippen molar-refractivity contribution in [2.75, 3.05) is 26.8 Å². The summed E-state index contributed by atoms with van der Waals surface area (Å²) in [5.74, 6) is 0. The van der Waals surface area contributed by atoms with Crippen LogP contribution in [0.1, 0.15) is 13.3 Å². The van der Waals surface area contributed by atoms with Gasteiger partial charge in [-0.2, -0.15) is 0 Å². The molecule has 0 amide bonds. The van der Waals surface area contributed by atoms with Crippen LogP contribution in [0.5, 0.6) is 0 Å². The second-order valence-corrected chi connectivity index (χ2v) is 1.66. The van der Waals surface area contributed by atoms with E-state index in [1.807, 2.05) is 0 Å². The summed E-state index contributed by atoms with van der Waals surface area (Å²) in [5, 5.41) is 4.15. The number of rotatable bonds is 5. The standard InChI is InChI=1S/C6H14NO/c1-3-4-7-5-6-8-2/h3-6H2,1-2H3. The summed E-state index contributed by atoms with van der Waals surface area (Å²) in [5.41, 5.74) is 0. The highest BCUT2D eigenvalue weighted by Gasteiger charge is 1.82. The molecule has 0 saturated heterocycles. The normalized spacial score (nSPS) is 9.75. The van der Waals surface area contributed by atoms with E-state index in [-0.39, 0.29) is 0 Å². The molecule has 2 nitrogen and oxygen atoms in total. The average Bonchev–Trinajstić information content (AvgIpc) is 1.81. The lowest BCUT2D eigenvalue weighted by atomic mass is 10.5. The van der Waals surface area contributed by atoms with Crippen LogP contribution in [0.2, 0.25) is 0 Å². The van der Waals surface area contributed by atoms with Crippen LogP contribution in [0.3, 0.4) is 0 Å². The van der Waals surface area contributed by atoms with Crippen LogP contribution in [-0.4, -0.2) is 26.8 Å². The lowest BCUT2D eigenvalue weighted by Crippen LogP contribution is -2.11. The number of ether oxygens (including phenoxy) is 1. The molecule has 0 unspecified atom stereocenters. The fourth-order valence-corrected chi connectivity index (χ4v) is 0.426. The Balaban J connectivity index is 2.53. The quantitative estimate of drug-likeness (QED) is 0.484. The van der Waals surface area contributed by atoms with Gasteiger partial charge in [0.2, 0.25) is 0 Å². The van der Waals surface area contributed by atoms with Crippen LogP contribution in [-0.2, 0) is 4.74 Å². The first-order valence-electron chi connectivity index (χ1n) is 3.04. The minimum absolute atomic E-state index is 0.764. The van der Waals surface area contributed by atoms with E-state index >= 15 is 0 Å². The SMILES string of the molecule is CCC[N]CCOC. The lowest BCUT2D eigenvalue weighted by molar-refractivity contribution is 0.198. The summed E-state index contributed by atoms with van der Waals surface area (Å²) in [6, 6.07) is 0. The van der Waals surface area contributed by atoms with Crippen LogP contribution in [0, 0.1) is 0 Å². The molecule has 0 rings (SSSR count). The predicted molar refractivity (Wildman–Crippen MR) is 34.0 cm³/mol. The van der Waals surface area contributed by atoms with E-state index in [4.69, 9.17) is 4.74 Å². The Morgan fingerprint density at radius 2 is 2.12 bits per heavy atom. The largest absolute Gasteiger partial charge is 0.383 e. The van der Waals surface area contributed by atoms with Gasteiger partial charge in [-0.25, -0.2) is 5.32 Å². The van der Waals surface area contributed by atoms with Crippen molar-refractivity contribution in [2.24, 2.45) is 0 Å². The van der Waals surface area contributed by atoms with E-state index in [9.17, 15) is 0 Å². The van der Waals surface area contributed by atoms with Gasteiger partial charge in [-0.15, -0.1) is 0 Å². The molecule has 0 aliphatic rings. The minimum Gasteiger partial charge on any atom is -0.383 e. The highest BCUT2D eigenvalue weighted by atomic mass is 16.5. The molecule has 0 spiro atoms. The van der Waals surface area contributed by atoms with Gasteiger partial charge in [-0.1, -0.05) is 6.92 Å². The van der Waals surface area contributed by atoms with Gasteiger partial charge in [-0.05, 0) is 6.42 Å². The molecular weight excluding hydrogens is 102 g/mol. The Hall–Kier alpha value is -0.0800. The van der Waals surface area contributed by atoms with Gasteiger partial charge >= 0.3 is 0 Å². The zero-order valence-electron chi connectivity index (χ0n) is 5.68. The lowest BCUT2D eigenvalue weighted by Gasteiger charge is -1.96. The highest BCUT2D eigenvalue weighted by molar-refractivity contribution is 4.40. The molecule has 0 aromatic rings. The first-order valence-corrected chi connectivity index (χ1v) is 3.04. The molecule has 0 bridgehead atoms. The molecule has 2 heteroatoms. The second kappa shape index (κ2) is 6.92. The summed E-state index contributed by atoms with van der Waals surface area (Å²) in [7, 11) is 1.70. The predicted octanol–water partition coefficient (Wildman–Crippen LogP) is 0.647. The molecule has 0 heterocycles. The smallest absolute Gasteiger partial charge is 0.0603 e. The van der Waals surface area contributed by atoms with Crippen molar-refractivity contribution in [3.8, 4) is 0 Å². The van der Waals surface area contributed by atoms with E-state index in [0.29, 0.717) is 0 Å². The Labute approximate surface area is 51.2 Å². The molecule has 0 aliphatic carbocycles. The molecule has 0 fully saturated rings. The molecule has 8 heavy (non-hydrogen) atoms. The molecule has 0 aliphatic heterocycles. The van der Waals surface area contributed by atoms with Gasteiger partial charge in [0.1, 0.15) is 0 Å². The topological polar surface area (TPSA) is 23.3 Å². The fraction of sp³-hybridized carbons (Fsp3) is 1.00. The van der Waals surface area contributed by atoms with E-state index in [1.165, 1.54) is 0 Å². The Morgan fingerprint density at radius 1 is 1.38 bits per heavy atom. The molecule has 0 aromatic carbocycles. The maximum absolute atomic E-state index is 4.79. The molecule has 0 saturated carbocycles. The summed E-state index contributed by atoms with van der Waals surface area (Å²) < 4.78 is 4.79. The summed E-state index contributed by atoms with van der Waals surface area (Å²) in [6.45, 7) is 4.71. The summed E-state index contributed by atoms with van der Waals surface area (Å²) in [4.78, 5) is 0. The van der Waals surface area contributed by atoms with Crippen molar-refractivity contribution in [1.82, 2.24) is 5.32 Å². The zero-order valence-corrected chi connectivity index (χ0v) is 5.68. The fourth-order valence-electron chi connectivity index (χ4n) is 0.426. The Bertz CT molecular complexity index is 33.5. The molecular formula is C6H14NO. The van der Waals surface area contributed by atoms with Crippen molar-refractivity contribution >= 4 is 0 Å².